The summed E-state index contributed by atoms with van der Waals surface area (Å²) in [5, 5.41) is 6.82. The molecule has 0 amide bonds. The normalized spacial score (nSPS) is 11.8. The third-order valence-corrected chi connectivity index (χ3v) is 13.3. The molecule has 0 atom stereocenters. The van der Waals surface area contributed by atoms with Crippen LogP contribution in [0.15, 0.2) is 194 Å². The van der Waals surface area contributed by atoms with Gasteiger partial charge in [-0.25, -0.2) is 9.97 Å². The Kier molecular flexibility index (Phi) is 7.38. The van der Waals surface area contributed by atoms with Crippen LogP contribution in [0.2, 0.25) is 0 Å². The predicted octanol–water partition coefficient (Wildman–Crippen LogP) is 10.8. The Labute approximate surface area is 307 Å². The number of fused-ring (bicyclic) bond motifs is 5. The van der Waals surface area contributed by atoms with Gasteiger partial charge >= 0.3 is 0 Å². The molecule has 0 fully saturated rings. The van der Waals surface area contributed by atoms with Gasteiger partial charge in [0.15, 0.2) is 7.14 Å². The van der Waals surface area contributed by atoms with Crippen molar-refractivity contribution in [3.05, 3.63) is 194 Å². The largest absolute Gasteiger partial charge is 0.309 e. The van der Waals surface area contributed by atoms with Crippen LogP contribution in [0.3, 0.4) is 0 Å². The zero-order valence-electron chi connectivity index (χ0n) is 28.7. The van der Waals surface area contributed by atoms with Gasteiger partial charge in [-0.2, -0.15) is 0 Å². The lowest BCUT2D eigenvalue weighted by atomic mass is 9.87. The molecule has 2 aromatic heterocycles. The highest BCUT2D eigenvalue weighted by atomic mass is 31.2. The molecule has 10 rings (SSSR count). The van der Waals surface area contributed by atoms with Gasteiger partial charge < -0.3 is 4.57 Å². The van der Waals surface area contributed by atoms with E-state index in [9.17, 15) is 0 Å². The Morgan fingerprint density at radius 3 is 1.53 bits per heavy atom. The van der Waals surface area contributed by atoms with Gasteiger partial charge in [-0.15, -0.1) is 0 Å². The molecule has 8 aromatic carbocycles. The quantitative estimate of drug-likeness (QED) is 0.128. The molecule has 0 unspecified atom stereocenters. The van der Waals surface area contributed by atoms with Crippen LogP contribution >= 0.6 is 7.14 Å². The van der Waals surface area contributed by atoms with E-state index in [2.05, 4.69) is 101 Å². The van der Waals surface area contributed by atoms with Crippen LogP contribution in [0.1, 0.15) is 0 Å². The van der Waals surface area contributed by atoms with Crippen LogP contribution < -0.4 is 15.9 Å². The average molecular weight is 698 g/mol. The van der Waals surface area contributed by atoms with Crippen molar-refractivity contribution in [2.45, 2.75) is 0 Å². The molecule has 0 aliphatic rings. The maximum absolute atomic E-state index is 15.5. The molecule has 4 nitrogen and oxygen atoms in total. The third kappa shape index (κ3) is 5.03. The van der Waals surface area contributed by atoms with Crippen molar-refractivity contribution in [1.82, 2.24) is 14.4 Å². The summed E-state index contributed by atoms with van der Waals surface area (Å²) in [6.45, 7) is 0. The molecule has 53 heavy (non-hydrogen) atoms. The Morgan fingerprint density at radius 1 is 0.415 bits per heavy atom. The van der Waals surface area contributed by atoms with E-state index >= 15 is 4.57 Å². The van der Waals surface area contributed by atoms with Gasteiger partial charge in [0.2, 0.25) is 5.78 Å². The molecular weight excluding hydrogens is 666 g/mol. The minimum Gasteiger partial charge on any atom is -0.309 e. The minimum atomic E-state index is -3.19. The molecule has 0 saturated heterocycles. The average Bonchev–Trinajstić information content (AvgIpc) is 3.62. The van der Waals surface area contributed by atoms with Crippen molar-refractivity contribution in [3.63, 3.8) is 0 Å². The summed E-state index contributed by atoms with van der Waals surface area (Å²) < 4.78 is 17.6. The van der Waals surface area contributed by atoms with Gasteiger partial charge in [0.25, 0.3) is 0 Å². The number of imidazole rings is 1. The second kappa shape index (κ2) is 12.6. The monoisotopic (exact) mass is 697 g/mol. The van der Waals surface area contributed by atoms with Crippen LogP contribution in [-0.4, -0.2) is 14.4 Å². The standard InChI is InChI=1S/C48H32N3OP/c52-53(35-20-6-2-7-21-35,36-22-8-3-9-23-36)37-24-16-19-34(31-37)46-38-25-10-12-27-40(38)47(41-28-13-11-26-39(41)46)43-32-45(33-17-4-1-5-18-33)51-44-30-15-14-29-42(44)49-48(51)50-43/h1-32H. The molecule has 250 valence electrons. The number of hydrogen-bond acceptors (Lipinski definition) is 3. The van der Waals surface area contributed by atoms with Gasteiger partial charge in [0, 0.05) is 21.5 Å². The SMILES string of the molecule is O=P(c1ccccc1)(c1ccccc1)c1cccc(-c2c3ccccc3c(-c3cc(-c4ccccc4)n4c(n3)nc3ccccc34)c3ccccc23)c1. The van der Waals surface area contributed by atoms with Crippen molar-refractivity contribution < 1.29 is 4.57 Å². The van der Waals surface area contributed by atoms with Crippen LogP contribution in [0, 0.1) is 0 Å². The first-order chi connectivity index (χ1) is 26.2. The Hall–Kier alpha value is -6.61. The van der Waals surface area contributed by atoms with E-state index in [0.717, 1.165) is 82.1 Å². The minimum absolute atomic E-state index is 0.657. The topological polar surface area (TPSA) is 47.3 Å². The number of aromatic nitrogens is 3. The van der Waals surface area contributed by atoms with Gasteiger partial charge in [0.05, 0.1) is 22.4 Å². The fourth-order valence-corrected chi connectivity index (χ4v) is 10.6. The molecule has 10 aromatic rings. The van der Waals surface area contributed by atoms with Crippen molar-refractivity contribution >= 4 is 61.4 Å². The lowest BCUT2D eigenvalue weighted by molar-refractivity contribution is 0.592. The molecular formula is C48H32N3OP. The predicted molar refractivity (Wildman–Crippen MR) is 221 cm³/mol. The van der Waals surface area contributed by atoms with E-state index in [0.29, 0.717) is 5.78 Å². The molecule has 0 bridgehead atoms. The number of benzene rings is 8. The van der Waals surface area contributed by atoms with Gasteiger partial charge in [-0.1, -0.05) is 170 Å². The van der Waals surface area contributed by atoms with Crippen molar-refractivity contribution in [3.8, 4) is 33.6 Å². The molecule has 0 saturated carbocycles. The Bertz CT molecular complexity index is 2930. The summed E-state index contributed by atoms with van der Waals surface area (Å²) in [5.74, 6) is 0.657. The maximum Gasteiger partial charge on any atom is 0.235 e. The van der Waals surface area contributed by atoms with E-state index in [-0.39, 0.29) is 0 Å². The Morgan fingerprint density at radius 2 is 0.906 bits per heavy atom. The lowest BCUT2D eigenvalue weighted by Crippen LogP contribution is -2.25. The highest BCUT2D eigenvalue weighted by molar-refractivity contribution is 7.85. The van der Waals surface area contributed by atoms with Crippen molar-refractivity contribution in [2.75, 3.05) is 0 Å². The maximum atomic E-state index is 15.5. The molecule has 0 aliphatic heterocycles. The molecule has 0 radical (unpaired) electrons. The first-order valence-electron chi connectivity index (χ1n) is 17.8. The number of para-hydroxylation sites is 2. The van der Waals surface area contributed by atoms with E-state index in [4.69, 9.17) is 9.97 Å². The second-order valence-electron chi connectivity index (χ2n) is 13.3. The molecule has 0 N–H and O–H groups in total. The highest BCUT2D eigenvalue weighted by Crippen LogP contribution is 2.46. The zero-order valence-corrected chi connectivity index (χ0v) is 29.6. The summed E-state index contributed by atoms with van der Waals surface area (Å²) in [5.41, 5.74) is 8.08. The molecule has 0 spiro atoms. The first kappa shape index (κ1) is 31.2. The summed E-state index contributed by atoms with van der Waals surface area (Å²) in [7, 11) is -3.19. The third-order valence-electron chi connectivity index (χ3n) is 10.3. The van der Waals surface area contributed by atoms with E-state index < -0.39 is 7.14 Å². The number of nitrogens with zero attached hydrogens (tertiary/aromatic N) is 3. The van der Waals surface area contributed by atoms with Gasteiger partial charge in [0.1, 0.15) is 0 Å². The summed E-state index contributed by atoms with van der Waals surface area (Å²) in [4.78, 5) is 10.3. The van der Waals surface area contributed by atoms with E-state index in [1.165, 1.54) is 0 Å². The van der Waals surface area contributed by atoms with Crippen molar-refractivity contribution in [1.29, 1.82) is 0 Å². The summed E-state index contributed by atoms with van der Waals surface area (Å²) in [6.07, 6.45) is 0. The van der Waals surface area contributed by atoms with E-state index in [1.807, 2.05) is 97.1 Å². The van der Waals surface area contributed by atoms with Gasteiger partial charge in [-0.3, -0.25) is 4.40 Å². The van der Waals surface area contributed by atoms with Crippen LogP contribution in [0.5, 0.6) is 0 Å². The fraction of sp³-hybridized carbons (Fsp3) is 0. The second-order valence-corrected chi connectivity index (χ2v) is 16.1. The Balaban J connectivity index is 1.25. The fourth-order valence-electron chi connectivity index (χ4n) is 7.90. The molecule has 5 heteroatoms. The first-order valence-corrected chi connectivity index (χ1v) is 19.5. The molecule has 0 aliphatic carbocycles. The highest BCUT2D eigenvalue weighted by Gasteiger charge is 2.30. The zero-order chi connectivity index (χ0) is 35.4. The smallest absolute Gasteiger partial charge is 0.235 e. The summed E-state index contributed by atoms with van der Waals surface area (Å²) in [6, 6.07) is 66.2. The molecule has 2 heterocycles. The van der Waals surface area contributed by atoms with E-state index in [1.54, 1.807) is 0 Å². The van der Waals surface area contributed by atoms with Crippen LogP contribution in [0.4, 0.5) is 0 Å². The van der Waals surface area contributed by atoms with Crippen LogP contribution in [0.25, 0.3) is 72.0 Å². The van der Waals surface area contributed by atoms with Crippen LogP contribution in [-0.2, 0) is 4.57 Å². The number of hydrogen-bond donors (Lipinski definition) is 0. The van der Waals surface area contributed by atoms with Crippen molar-refractivity contribution in [2.24, 2.45) is 0 Å². The lowest BCUT2D eigenvalue weighted by Gasteiger charge is -2.22. The van der Waals surface area contributed by atoms with Gasteiger partial charge in [-0.05, 0) is 62.5 Å². The number of rotatable bonds is 6. The summed E-state index contributed by atoms with van der Waals surface area (Å²) >= 11 is 0.